The van der Waals surface area contributed by atoms with Gasteiger partial charge in [-0.15, -0.1) is 0 Å². The number of halogens is 1. The lowest BCUT2D eigenvalue weighted by molar-refractivity contribution is 0.0722. The molecule has 0 aliphatic carbocycles. The van der Waals surface area contributed by atoms with Crippen LogP contribution in [0.3, 0.4) is 0 Å². The van der Waals surface area contributed by atoms with Gasteiger partial charge in [-0.25, -0.2) is 4.39 Å². The Morgan fingerprint density at radius 1 is 1.13 bits per heavy atom. The molecule has 0 radical (unpaired) electrons. The predicted molar refractivity (Wildman–Crippen MR) is 111 cm³/mol. The van der Waals surface area contributed by atoms with Gasteiger partial charge in [0.2, 0.25) is 5.76 Å². The second-order valence-corrected chi connectivity index (χ2v) is 7.65. The summed E-state index contributed by atoms with van der Waals surface area (Å²) in [5.74, 6) is -0.131. The van der Waals surface area contributed by atoms with E-state index in [0.717, 1.165) is 13.0 Å². The van der Waals surface area contributed by atoms with Gasteiger partial charge in [0.25, 0.3) is 5.91 Å². The van der Waals surface area contributed by atoms with Crippen molar-refractivity contribution in [2.45, 2.75) is 12.5 Å². The molecule has 4 rings (SSSR count). The minimum absolute atomic E-state index is 0.0416. The molecule has 3 aromatic rings. The van der Waals surface area contributed by atoms with Crippen molar-refractivity contribution in [2.24, 2.45) is 0 Å². The maximum atomic E-state index is 13.5. The molecular formula is C23H23FN2O4. The summed E-state index contributed by atoms with van der Waals surface area (Å²) >= 11 is 0. The summed E-state index contributed by atoms with van der Waals surface area (Å²) in [7, 11) is 5.45. The first kappa shape index (κ1) is 20.1. The van der Waals surface area contributed by atoms with Gasteiger partial charge in [-0.1, -0.05) is 12.1 Å². The standard InChI is InChI=1S/C23H23FN2O4/c1-25(2)11-4-12-26-20(14-5-7-15(24)8-6-14)19-21(27)17-10-9-16(29-3)13-18(17)30-22(19)23(26)28/h5-10,13,20H,4,11-12H2,1-3H3/t20-/m1/s1. The first-order valence-corrected chi connectivity index (χ1v) is 9.76. The summed E-state index contributed by atoms with van der Waals surface area (Å²) in [4.78, 5) is 30.3. The van der Waals surface area contributed by atoms with Crippen LogP contribution in [0.5, 0.6) is 5.75 Å². The number of carbonyl (C=O) groups is 1. The molecule has 0 fully saturated rings. The Balaban J connectivity index is 1.87. The molecule has 1 atom stereocenters. The molecule has 30 heavy (non-hydrogen) atoms. The zero-order valence-electron chi connectivity index (χ0n) is 17.1. The lowest BCUT2D eigenvalue weighted by Gasteiger charge is -2.25. The third-order valence-electron chi connectivity index (χ3n) is 5.36. The average Bonchev–Trinajstić information content (AvgIpc) is 3.00. The van der Waals surface area contributed by atoms with Crippen molar-refractivity contribution in [3.8, 4) is 5.75 Å². The fourth-order valence-corrected chi connectivity index (χ4v) is 3.91. The largest absolute Gasteiger partial charge is 0.497 e. The summed E-state index contributed by atoms with van der Waals surface area (Å²) in [6.45, 7) is 1.24. The number of nitrogens with zero attached hydrogens (tertiary/aromatic N) is 2. The van der Waals surface area contributed by atoms with Crippen LogP contribution < -0.4 is 10.2 Å². The second kappa shape index (κ2) is 7.91. The van der Waals surface area contributed by atoms with Crippen LogP contribution in [-0.4, -0.2) is 50.0 Å². The zero-order chi connectivity index (χ0) is 21.4. The van der Waals surface area contributed by atoms with E-state index in [1.54, 1.807) is 35.2 Å². The monoisotopic (exact) mass is 410 g/mol. The number of amides is 1. The highest BCUT2D eigenvalue weighted by Gasteiger charge is 2.42. The number of benzene rings is 2. The van der Waals surface area contributed by atoms with Gasteiger partial charge in [-0.05, 0) is 56.9 Å². The van der Waals surface area contributed by atoms with Crippen molar-refractivity contribution >= 4 is 16.9 Å². The van der Waals surface area contributed by atoms with Crippen LogP contribution in [0.4, 0.5) is 4.39 Å². The third kappa shape index (κ3) is 3.45. The molecule has 1 aliphatic rings. The van der Waals surface area contributed by atoms with Gasteiger partial charge in [0.05, 0.1) is 24.1 Å². The molecule has 1 aliphatic heterocycles. The molecule has 0 saturated heterocycles. The van der Waals surface area contributed by atoms with E-state index in [9.17, 15) is 14.0 Å². The van der Waals surface area contributed by atoms with Crippen LogP contribution in [0.2, 0.25) is 0 Å². The van der Waals surface area contributed by atoms with E-state index < -0.39 is 6.04 Å². The third-order valence-corrected chi connectivity index (χ3v) is 5.36. The Morgan fingerprint density at radius 3 is 2.53 bits per heavy atom. The number of fused-ring (bicyclic) bond motifs is 2. The summed E-state index contributed by atoms with van der Waals surface area (Å²) in [6, 6.07) is 10.2. The topological polar surface area (TPSA) is 63.0 Å². The quantitative estimate of drug-likeness (QED) is 0.623. The minimum Gasteiger partial charge on any atom is -0.497 e. The predicted octanol–water partition coefficient (Wildman–Crippen LogP) is 3.44. The van der Waals surface area contributed by atoms with Gasteiger partial charge in [-0.2, -0.15) is 0 Å². The molecule has 6 nitrogen and oxygen atoms in total. The van der Waals surface area contributed by atoms with Crippen LogP contribution in [0.1, 0.15) is 34.1 Å². The lowest BCUT2D eigenvalue weighted by Crippen LogP contribution is -2.32. The van der Waals surface area contributed by atoms with Crippen LogP contribution in [-0.2, 0) is 0 Å². The molecule has 2 heterocycles. The number of methoxy groups -OCH3 is 1. The molecule has 156 valence electrons. The van der Waals surface area contributed by atoms with Gasteiger partial charge in [0, 0.05) is 12.6 Å². The molecule has 7 heteroatoms. The molecule has 2 aromatic carbocycles. The molecule has 0 spiro atoms. The van der Waals surface area contributed by atoms with Gasteiger partial charge >= 0.3 is 0 Å². The van der Waals surface area contributed by atoms with Crippen molar-refractivity contribution in [1.82, 2.24) is 9.80 Å². The Morgan fingerprint density at radius 2 is 1.87 bits per heavy atom. The molecular weight excluding hydrogens is 387 g/mol. The molecule has 0 N–H and O–H groups in total. The summed E-state index contributed by atoms with van der Waals surface area (Å²) in [6.07, 6.45) is 0.728. The van der Waals surface area contributed by atoms with E-state index in [4.69, 9.17) is 9.15 Å². The van der Waals surface area contributed by atoms with Crippen molar-refractivity contribution < 1.29 is 18.3 Å². The van der Waals surface area contributed by atoms with Crippen molar-refractivity contribution in [3.05, 3.63) is 75.4 Å². The van der Waals surface area contributed by atoms with Gasteiger partial charge in [0.1, 0.15) is 17.1 Å². The normalized spacial score (nSPS) is 15.8. The molecule has 0 bridgehead atoms. The fourth-order valence-electron chi connectivity index (χ4n) is 3.91. The van der Waals surface area contributed by atoms with Gasteiger partial charge in [-0.3, -0.25) is 9.59 Å². The van der Waals surface area contributed by atoms with E-state index in [1.165, 1.54) is 19.2 Å². The Bertz CT molecular complexity index is 1150. The lowest BCUT2D eigenvalue weighted by atomic mass is 9.98. The van der Waals surface area contributed by atoms with Gasteiger partial charge < -0.3 is 19.0 Å². The van der Waals surface area contributed by atoms with E-state index in [2.05, 4.69) is 0 Å². The van der Waals surface area contributed by atoms with E-state index in [-0.39, 0.29) is 22.9 Å². The summed E-state index contributed by atoms with van der Waals surface area (Å²) in [5.41, 5.74) is 1.02. The second-order valence-electron chi connectivity index (χ2n) is 7.65. The van der Waals surface area contributed by atoms with Gasteiger partial charge in [0.15, 0.2) is 5.43 Å². The summed E-state index contributed by atoms with van der Waals surface area (Å²) < 4.78 is 24.6. The molecule has 1 amide bonds. The maximum Gasteiger partial charge on any atom is 0.290 e. The molecule has 0 unspecified atom stereocenters. The van der Waals surface area contributed by atoms with Crippen molar-refractivity contribution in [1.29, 1.82) is 0 Å². The Hall–Kier alpha value is -3.19. The first-order chi connectivity index (χ1) is 14.4. The van der Waals surface area contributed by atoms with E-state index in [0.29, 0.717) is 34.4 Å². The number of carbonyl (C=O) groups excluding carboxylic acids is 1. The van der Waals surface area contributed by atoms with Crippen molar-refractivity contribution in [3.63, 3.8) is 0 Å². The highest BCUT2D eigenvalue weighted by molar-refractivity contribution is 5.99. The molecule has 0 saturated carbocycles. The van der Waals surface area contributed by atoms with Crippen LogP contribution in [0.15, 0.2) is 51.7 Å². The zero-order valence-corrected chi connectivity index (χ0v) is 17.1. The van der Waals surface area contributed by atoms with Crippen LogP contribution in [0.25, 0.3) is 11.0 Å². The SMILES string of the molecule is COc1ccc2c(=O)c3c(oc2c1)C(=O)N(CCCN(C)C)[C@@H]3c1ccc(F)cc1. The van der Waals surface area contributed by atoms with E-state index >= 15 is 0 Å². The van der Waals surface area contributed by atoms with Crippen molar-refractivity contribution in [2.75, 3.05) is 34.3 Å². The Kier molecular flexibility index (Phi) is 5.30. The number of rotatable bonds is 6. The number of hydrogen-bond acceptors (Lipinski definition) is 5. The highest BCUT2D eigenvalue weighted by Crippen LogP contribution is 2.38. The number of ether oxygens (including phenoxy) is 1. The maximum absolute atomic E-state index is 13.5. The van der Waals surface area contributed by atoms with E-state index in [1.807, 2.05) is 19.0 Å². The Labute approximate surface area is 173 Å². The fraction of sp³-hybridized carbons (Fsp3) is 0.304. The smallest absolute Gasteiger partial charge is 0.290 e. The number of hydrogen-bond donors (Lipinski definition) is 0. The van der Waals surface area contributed by atoms with Crippen LogP contribution in [0, 0.1) is 5.82 Å². The summed E-state index contributed by atoms with van der Waals surface area (Å²) in [5, 5.41) is 0.379. The average molecular weight is 410 g/mol. The van der Waals surface area contributed by atoms with Crippen LogP contribution >= 0.6 is 0 Å². The minimum atomic E-state index is -0.613. The molecule has 1 aromatic heterocycles. The highest BCUT2D eigenvalue weighted by atomic mass is 19.1. The first-order valence-electron chi connectivity index (χ1n) is 9.76.